The standard InChI is InChI=1S/C51H58N2O13/c1-26-17-16-18-27(2)50(61)53-40-35(25-52-66-48(33-19-12-10-13-20-33)34-21-14-11-15-22-34)44(58)37-38(45(40)59)43(57)31(6)47-39(37)49(60)51(8,65-47)63-24-23-36(62-9)28(3)46(64-32(7)54)30(5)42(56)29(4)41(26)55/h10-26,28-30,36,41-42,46,48,55-59H,1-9H3,(H,53,61)/t26-,28-,29-,30-,36+,41-,42-,46+,51-/m0/s1. The Morgan fingerprint density at radius 2 is 1.47 bits per heavy atom. The van der Waals surface area contributed by atoms with E-state index in [4.69, 9.17) is 23.8 Å². The Kier molecular flexibility index (Phi) is 14.9. The van der Waals surface area contributed by atoms with Crippen LogP contribution in [-0.2, 0) is 28.6 Å². The van der Waals surface area contributed by atoms with Crippen LogP contribution in [0.3, 0.4) is 0 Å². The molecule has 15 nitrogen and oxygen atoms in total. The Morgan fingerprint density at radius 1 is 0.848 bits per heavy atom. The van der Waals surface area contributed by atoms with Crippen molar-refractivity contribution in [3.8, 4) is 23.0 Å². The van der Waals surface area contributed by atoms with Crippen LogP contribution in [0.4, 0.5) is 5.69 Å². The van der Waals surface area contributed by atoms with Crippen LogP contribution in [0.15, 0.2) is 102 Å². The Bertz CT molecular complexity index is 2530. The number of rotatable bonds is 7. The largest absolute Gasteiger partial charge is 0.507 e. The van der Waals surface area contributed by atoms with Gasteiger partial charge in [0.2, 0.25) is 0 Å². The fourth-order valence-corrected chi connectivity index (χ4v) is 8.59. The molecule has 350 valence electrons. The quantitative estimate of drug-likeness (QED) is 0.0342. The topological polar surface area (TPSA) is 223 Å². The highest BCUT2D eigenvalue weighted by molar-refractivity contribution is 6.23. The molecule has 66 heavy (non-hydrogen) atoms. The summed E-state index contributed by atoms with van der Waals surface area (Å²) < 4.78 is 23.7. The van der Waals surface area contributed by atoms with E-state index < -0.39 is 94.9 Å². The van der Waals surface area contributed by atoms with Crippen LogP contribution in [0.5, 0.6) is 23.0 Å². The fraction of sp³-hybridized carbons (Fsp3) is 0.373. The molecule has 0 radical (unpaired) electrons. The van der Waals surface area contributed by atoms with Crippen LogP contribution in [0, 0.1) is 30.6 Å². The van der Waals surface area contributed by atoms with Crippen molar-refractivity contribution in [1.29, 1.82) is 0 Å². The predicted octanol–water partition coefficient (Wildman–Crippen LogP) is 7.89. The minimum atomic E-state index is -2.10. The molecule has 5 bridgehead atoms. The number of hydrogen-bond donors (Lipinski definition) is 6. The number of hydrogen-bond acceptors (Lipinski definition) is 14. The van der Waals surface area contributed by atoms with Gasteiger partial charge < -0.3 is 54.6 Å². The second kappa shape index (κ2) is 20.2. The summed E-state index contributed by atoms with van der Waals surface area (Å²) in [5, 5.41) is 65.3. The number of ether oxygens (including phenoxy) is 4. The second-order valence-corrected chi connectivity index (χ2v) is 17.2. The van der Waals surface area contributed by atoms with Gasteiger partial charge in [0.15, 0.2) is 11.9 Å². The molecule has 9 atom stereocenters. The van der Waals surface area contributed by atoms with Crippen LogP contribution in [-0.4, -0.2) is 86.7 Å². The summed E-state index contributed by atoms with van der Waals surface area (Å²) in [6.07, 6.45) is 3.74. The van der Waals surface area contributed by atoms with E-state index in [1.165, 1.54) is 53.2 Å². The van der Waals surface area contributed by atoms with Gasteiger partial charge in [-0.05, 0) is 31.1 Å². The van der Waals surface area contributed by atoms with Crippen molar-refractivity contribution in [3.05, 3.63) is 125 Å². The number of methoxy groups -OCH3 is 1. The molecule has 1 amide bonds. The SMILES string of the molecule is CO[C@@H]1C=CO[C@@]2(C)Oc3c(C)c(O)c4c(O)c(c(C=NOC(c5ccccc5)c5ccccc5)c(O)c4c3C2=O)NC(=O)C(C)=CC=C[C@H](C)[C@H](O)[C@H](C)[C@H](O)[C@H](C)[C@H](OC(C)=O)[C@H]1C. The first-order valence-electron chi connectivity index (χ1n) is 21.7. The van der Waals surface area contributed by atoms with E-state index in [2.05, 4.69) is 10.5 Å². The van der Waals surface area contributed by atoms with E-state index in [-0.39, 0.29) is 44.5 Å². The summed E-state index contributed by atoms with van der Waals surface area (Å²) in [6.45, 7) is 12.4. The number of Topliss-reactive ketones (excluding diaryl/α,β-unsaturated/α-hetero) is 1. The number of anilines is 1. The summed E-state index contributed by atoms with van der Waals surface area (Å²) in [5.41, 5.74) is 0.756. The average Bonchev–Trinajstić information content (AvgIpc) is 3.57. The normalized spacial score (nSPS) is 26.3. The zero-order valence-electron chi connectivity index (χ0n) is 38.4. The van der Waals surface area contributed by atoms with Crippen molar-refractivity contribution in [2.45, 2.75) is 91.7 Å². The fourth-order valence-electron chi connectivity index (χ4n) is 8.59. The number of nitrogens with zero attached hydrogens (tertiary/aromatic N) is 1. The summed E-state index contributed by atoms with van der Waals surface area (Å²) in [7, 11) is 1.43. The lowest BCUT2D eigenvalue weighted by Crippen LogP contribution is -2.46. The summed E-state index contributed by atoms with van der Waals surface area (Å²) in [5.74, 6) is -8.88. The average molecular weight is 907 g/mol. The van der Waals surface area contributed by atoms with E-state index >= 15 is 0 Å². The van der Waals surface area contributed by atoms with Crippen molar-refractivity contribution in [2.75, 3.05) is 12.4 Å². The molecule has 0 unspecified atom stereocenters. The summed E-state index contributed by atoms with van der Waals surface area (Å²) >= 11 is 0. The lowest BCUT2D eigenvalue weighted by atomic mass is 9.78. The van der Waals surface area contributed by atoms with Gasteiger partial charge in [-0.15, -0.1) is 0 Å². The molecule has 3 aliphatic heterocycles. The van der Waals surface area contributed by atoms with Crippen LogP contribution in [0.1, 0.15) is 87.2 Å². The first-order valence-corrected chi connectivity index (χ1v) is 21.7. The maximum atomic E-state index is 14.6. The van der Waals surface area contributed by atoms with E-state index in [9.17, 15) is 39.9 Å². The number of oxime groups is 1. The minimum Gasteiger partial charge on any atom is -0.507 e. The highest BCUT2D eigenvalue weighted by atomic mass is 16.7. The van der Waals surface area contributed by atoms with Gasteiger partial charge in [0.25, 0.3) is 11.7 Å². The van der Waals surface area contributed by atoms with Crippen molar-refractivity contribution >= 4 is 40.3 Å². The molecule has 0 fully saturated rings. The zero-order chi connectivity index (χ0) is 48.2. The number of fused-ring (bicyclic) bond motifs is 14. The molecule has 4 aromatic carbocycles. The van der Waals surface area contributed by atoms with Gasteiger partial charge in [0.1, 0.15) is 23.4 Å². The Morgan fingerprint density at radius 3 is 2.06 bits per heavy atom. The minimum absolute atomic E-state index is 0.0184. The molecule has 7 rings (SSSR count). The van der Waals surface area contributed by atoms with Crippen LogP contribution in [0.25, 0.3) is 10.8 Å². The van der Waals surface area contributed by atoms with Crippen molar-refractivity contribution < 1.29 is 63.7 Å². The lowest BCUT2D eigenvalue weighted by Gasteiger charge is -2.38. The van der Waals surface area contributed by atoms with Gasteiger partial charge in [0, 0.05) is 61.2 Å². The van der Waals surface area contributed by atoms with Gasteiger partial charge in [-0.25, -0.2) is 0 Å². The third-order valence-electron chi connectivity index (χ3n) is 12.6. The molecule has 3 heterocycles. The monoisotopic (exact) mass is 906 g/mol. The third kappa shape index (κ3) is 9.64. The number of carbonyl (C=O) groups is 3. The number of phenols is 3. The predicted molar refractivity (Wildman–Crippen MR) is 247 cm³/mol. The van der Waals surface area contributed by atoms with Crippen molar-refractivity contribution in [1.82, 2.24) is 0 Å². The maximum absolute atomic E-state index is 14.6. The lowest BCUT2D eigenvalue weighted by molar-refractivity contribution is -0.160. The smallest absolute Gasteiger partial charge is 0.312 e. The first-order chi connectivity index (χ1) is 31.3. The molecule has 0 saturated carbocycles. The number of allylic oxidation sites excluding steroid dienone is 2. The van der Waals surface area contributed by atoms with Crippen molar-refractivity contribution in [3.63, 3.8) is 0 Å². The molecule has 0 saturated heterocycles. The molecular formula is C51H58N2O13. The molecule has 6 N–H and O–H groups in total. The number of aromatic hydroxyl groups is 3. The van der Waals surface area contributed by atoms with Gasteiger partial charge in [-0.3, -0.25) is 14.4 Å². The number of nitrogens with one attached hydrogen (secondary N) is 1. The number of aliphatic hydroxyl groups excluding tert-OH is 2. The molecule has 0 spiro atoms. The number of aliphatic hydroxyl groups is 2. The Hall–Kier alpha value is -6.68. The molecule has 15 heteroatoms. The van der Waals surface area contributed by atoms with E-state index in [1.807, 2.05) is 60.7 Å². The van der Waals surface area contributed by atoms with Crippen LogP contribution < -0.4 is 10.1 Å². The van der Waals surface area contributed by atoms with Gasteiger partial charge >= 0.3 is 11.8 Å². The molecule has 3 aliphatic rings. The third-order valence-corrected chi connectivity index (χ3v) is 12.6. The maximum Gasteiger partial charge on any atom is 0.312 e. The Balaban J connectivity index is 1.53. The highest BCUT2D eigenvalue weighted by Gasteiger charge is 2.50. The molecule has 0 aliphatic carbocycles. The van der Waals surface area contributed by atoms with E-state index in [0.717, 1.165) is 17.3 Å². The molecule has 0 aromatic heterocycles. The highest BCUT2D eigenvalue weighted by Crippen LogP contribution is 2.55. The number of esters is 1. The first kappa shape index (κ1) is 48.8. The van der Waals surface area contributed by atoms with E-state index in [1.54, 1.807) is 39.8 Å². The van der Waals surface area contributed by atoms with Gasteiger partial charge in [-0.2, -0.15) is 0 Å². The number of carbonyl (C=O) groups excluding carboxylic acids is 3. The second-order valence-electron chi connectivity index (χ2n) is 17.2. The molecule has 4 aromatic rings. The van der Waals surface area contributed by atoms with Crippen molar-refractivity contribution in [2.24, 2.45) is 28.8 Å². The Labute approximate surface area is 383 Å². The van der Waals surface area contributed by atoms with Gasteiger partial charge in [-0.1, -0.05) is 112 Å². The van der Waals surface area contributed by atoms with Crippen LogP contribution in [0.2, 0.25) is 0 Å². The number of phenolic OH excluding ortho intramolecular Hbond substituents is 3. The zero-order valence-corrected chi connectivity index (χ0v) is 38.4. The van der Waals surface area contributed by atoms with Crippen LogP contribution >= 0.6 is 0 Å². The molecular weight excluding hydrogens is 849 g/mol. The number of benzene rings is 4. The van der Waals surface area contributed by atoms with Gasteiger partial charge in [0.05, 0.1) is 53.0 Å². The summed E-state index contributed by atoms with van der Waals surface area (Å²) in [6, 6.07) is 18.5. The number of ketones is 1. The van der Waals surface area contributed by atoms with E-state index in [0.29, 0.717) is 0 Å². The number of amides is 1. The summed E-state index contributed by atoms with van der Waals surface area (Å²) in [4.78, 5) is 47.0.